The highest BCUT2D eigenvalue weighted by Crippen LogP contribution is 2.21. The molecule has 3 unspecified atom stereocenters. The standard InChI is InChI=1S/3C13H18O2.2C9H8O4/c3*1-9(2)8-11-4-6-12(7-5-11)10(3)13(14)15;2*1-6(10)13-8-5-3-2-4-7(8)9(11)12/h3*4-7,9-10H,8H2,1-3H3,(H,14,15);2*2-5H,1H3,(H,11,12). The van der Waals surface area contributed by atoms with Gasteiger partial charge in [-0.05, 0) is 115 Å². The smallest absolute Gasteiger partial charge is 0.339 e. The van der Waals surface area contributed by atoms with Gasteiger partial charge >= 0.3 is 41.8 Å². The first-order chi connectivity index (χ1) is 33.2. The van der Waals surface area contributed by atoms with Crippen molar-refractivity contribution in [1.82, 2.24) is 0 Å². The molecule has 14 nitrogen and oxygen atoms in total. The van der Waals surface area contributed by atoms with Crippen molar-refractivity contribution in [3.63, 3.8) is 0 Å². The molecule has 5 N–H and O–H groups in total. The molecule has 14 heteroatoms. The van der Waals surface area contributed by atoms with Gasteiger partial charge in [-0.15, -0.1) is 0 Å². The summed E-state index contributed by atoms with van der Waals surface area (Å²) in [6, 6.07) is 35.6. The fraction of sp³-hybridized carbons (Fsp3) is 0.351. The van der Waals surface area contributed by atoms with Crippen molar-refractivity contribution in [3.8, 4) is 11.5 Å². The number of para-hydroxylation sites is 2. The Labute approximate surface area is 417 Å². The molecular weight excluding hydrogens is 909 g/mol. The van der Waals surface area contributed by atoms with Crippen molar-refractivity contribution >= 4 is 41.8 Å². The van der Waals surface area contributed by atoms with E-state index < -0.39 is 59.5 Å². The number of ether oxygens (including phenoxy) is 2. The van der Waals surface area contributed by atoms with Gasteiger partial charge in [-0.3, -0.25) is 24.0 Å². The van der Waals surface area contributed by atoms with Crippen LogP contribution in [0.3, 0.4) is 0 Å². The SMILES string of the molecule is CC(=O)Oc1ccccc1C(=O)O.CC(=O)Oc1ccccc1C(=O)O.CC(C)Cc1ccc(C(C)C(=O)O)cc1.CC(C)Cc1ccc(C(C)C(=O)O)cc1.CC(C)Cc1ccc(C(C)C(=O)O)cc1. The second-order valence-corrected chi connectivity index (χ2v) is 18.0. The van der Waals surface area contributed by atoms with Crippen LogP contribution in [-0.2, 0) is 43.2 Å². The van der Waals surface area contributed by atoms with Crippen LogP contribution in [0.4, 0.5) is 0 Å². The third-order valence-electron chi connectivity index (χ3n) is 10.2. The average Bonchev–Trinajstić information content (AvgIpc) is 3.29. The molecule has 0 bridgehead atoms. The summed E-state index contributed by atoms with van der Waals surface area (Å²) in [5, 5.41) is 43.9. The van der Waals surface area contributed by atoms with Gasteiger partial charge in [0.2, 0.25) is 0 Å². The minimum atomic E-state index is -1.11. The largest absolute Gasteiger partial charge is 0.481 e. The highest BCUT2D eigenvalue weighted by molar-refractivity contribution is 5.92. The predicted molar refractivity (Wildman–Crippen MR) is 273 cm³/mol. The first-order valence-electron chi connectivity index (χ1n) is 23.2. The zero-order valence-electron chi connectivity index (χ0n) is 42.5. The quantitative estimate of drug-likeness (QED) is 0.0457. The van der Waals surface area contributed by atoms with Crippen LogP contribution in [-0.4, -0.2) is 67.3 Å². The fourth-order valence-electron chi connectivity index (χ4n) is 6.44. The van der Waals surface area contributed by atoms with Crippen LogP contribution in [0, 0.1) is 17.8 Å². The van der Waals surface area contributed by atoms with Crippen LogP contribution in [0.1, 0.15) is 148 Å². The van der Waals surface area contributed by atoms with E-state index >= 15 is 0 Å². The summed E-state index contributed by atoms with van der Waals surface area (Å²) in [7, 11) is 0. The molecule has 0 aromatic heterocycles. The summed E-state index contributed by atoms with van der Waals surface area (Å²) in [5.41, 5.74) is 6.39. The van der Waals surface area contributed by atoms with Crippen molar-refractivity contribution in [2.75, 3.05) is 0 Å². The van der Waals surface area contributed by atoms with E-state index in [1.54, 1.807) is 45.0 Å². The van der Waals surface area contributed by atoms with Crippen molar-refractivity contribution in [2.24, 2.45) is 17.8 Å². The molecule has 0 amide bonds. The zero-order chi connectivity index (χ0) is 54.0. The molecule has 0 saturated heterocycles. The van der Waals surface area contributed by atoms with E-state index in [0.29, 0.717) is 17.8 Å². The van der Waals surface area contributed by atoms with E-state index in [-0.39, 0.29) is 22.6 Å². The highest BCUT2D eigenvalue weighted by atomic mass is 16.5. The molecular formula is C57H70O14. The summed E-state index contributed by atoms with van der Waals surface area (Å²) >= 11 is 0. The number of carboxylic acids is 5. The van der Waals surface area contributed by atoms with Crippen LogP contribution in [0.25, 0.3) is 0 Å². The number of carboxylic acid groups (broad SMARTS) is 5. The molecule has 0 aliphatic heterocycles. The van der Waals surface area contributed by atoms with Crippen LogP contribution in [0.2, 0.25) is 0 Å². The van der Waals surface area contributed by atoms with E-state index in [1.807, 2.05) is 72.8 Å². The van der Waals surface area contributed by atoms with Crippen LogP contribution in [0.5, 0.6) is 11.5 Å². The first-order valence-corrected chi connectivity index (χ1v) is 23.2. The molecule has 3 atom stereocenters. The lowest BCUT2D eigenvalue weighted by molar-refractivity contribution is -0.139. The van der Waals surface area contributed by atoms with Crippen LogP contribution < -0.4 is 9.47 Å². The third kappa shape index (κ3) is 24.5. The van der Waals surface area contributed by atoms with E-state index in [2.05, 4.69) is 51.0 Å². The summed E-state index contributed by atoms with van der Waals surface area (Å²) in [5.74, 6) is -4.83. The van der Waals surface area contributed by atoms with Crippen molar-refractivity contribution < 1.29 is 68.6 Å². The Morgan fingerprint density at radius 2 is 0.592 bits per heavy atom. The molecule has 0 radical (unpaired) electrons. The lowest BCUT2D eigenvalue weighted by Gasteiger charge is -2.09. The number of aromatic carboxylic acids is 2. The normalized spacial score (nSPS) is 11.5. The second-order valence-electron chi connectivity index (χ2n) is 18.0. The van der Waals surface area contributed by atoms with Gasteiger partial charge in [0.15, 0.2) is 0 Å². The highest BCUT2D eigenvalue weighted by Gasteiger charge is 2.16. The number of aliphatic carboxylic acids is 3. The van der Waals surface area contributed by atoms with Gasteiger partial charge in [0.05, 0.1) is 17.8 Å². The lowest BCUT2D eigenvalue weighted by Crippen LogP contribution is -2.07. The van der Waals surface area contributed by atoms with E-state index in [1.165, 1.54) is 54.8 Å². The Balaban J connectivity index is 0.000000444. The summed E-state index contributed by atoms with van der Waals surface area (Å²) in [6.45, 7) is 20.6. The molecule has 71 heavy (non-hydrogen) atoms. The zero-order valence-corrected chi connectivity index (χ0v) is 42.5. The molecule has 0 heterocycles. The topological polar surface area (TPSA) is 239 Å². The first kappa shape index (κ1) is 61.4. The van der Waals surface area contributed by atoms with Crippen molar-refractivity contribution in [2.45, 2.75) is 113 Å². The molecule has 5 aromatic rings. The Bertz CT molecular complexity index is 2240. The molecule has 382 valence electrons. The molecule has 0 aliphatic carbocycles. The Morgan fingerprint density at radius 1 is 0.366 bits per heavy atom. The van der Waals surface area contributed by atoms with E-state index in [4.69, 9.17) is 25.5 Å². The summed E-state index contributed by atoms with van der Waals surface area (Å²) < 4.78 is 9.37. The summed E-state index contributed by atoms with van der Waals surface area (Å²) in [6.07, 6.45) is 3.13. The van der Waals surface area contributed by atoms with Gasteiger partial charge in [0.25, 0.3) is 0 Å². The van der Waals surface area contributed by atoms with Gasteiger partial charge in [-0.25, -0.2) is 9.59 Å². The van der Waals surface area contributed by atoms with Gasteiger partial charge in [0.1, 0.15) is 22.6 Å². The van der Waals surface area contributed by atoms with E-state index in [9.17, 15) is 33.6 Å². The molecule has 5 rings (SSSR count). The Morgan fingerprint density at radius 3 is 0.775 bits per heavy atom. The van der Waals surface area contributed by atoms with Crippen molar-refractivity contribution in [1.29, 1.82) is 0 Å². The number of rotatable bonds is 16. The van der Waals surface area contributed by atoms with Gasteiger partial charge in [0, 0.05) is 13.8 Å². The lowest BCUT2D eigenvalue weighted by atomic mass is 9.97. The fourth-order valence-corrected chi connectivity index (χ4v) is 6.44. The minimum absolute atomic E-state index is 0.0160. The van der Waals surface area contributed by atoms with Crippen LogP contribution in [0.15, 0.2) is 121 Å². The third-order valence-corrected chi connectivity index (χ3v) is 10.2. The second kappa shape index (κ2) is 31.5. The van der Waals surface area contributed by atoms with Gasteiger partial charge in [-0.1, -0.05) is 139 Å². The minimum Gasteiger partial charge on any atom is -0.481 e. The predicted octanol–water partition coefficient (Wildman–Crippen LogP) is 11.8. The number of hydrogen-bond donors (Lipinski definition) is 5. The Kier molecular flexibility index (Phi) is 27.2. The number of esters is 2. The number of carbonyl (C=O) groups excluding carboxylic acids is 2. The monoisotopic (exact) mass is 978 g/mol. The van der Waals surface area contributed by atoms with Gasteiger partial charge < -0.3 is 35.0 Å². The van der Waals surface area contributed by atoms with Crippen molar-refractivity contribution in [3.05, 3.63) is 166 Å². The van der Waals surface area contributed by atoms with Gasteiger partial charge in [-0.2, -0.15) is 0 Å². The maximum atomic E-state index is 10.8. The summed E-state index contributed by atoms with van der Waals surface area (Å²) in [4.78, 5) is 74.7. The van der Waals surface area contributed by atoms with Crippen LogP contribution >= 0.6 is 0 Å². The maximum absolute atomic E-state index is 10.8. The molecule has 0 spiro atoms. The Hall–Kier alpha value is -7.61. The molecule has 0 aliphatic rings. The maximum Gasteiger partial charge on any atom is 0.339 e. The van der Waals surface area contributed by atoms with E-state index in [0.717, 1.165) is 36.0 Å². The molecule has 0 saturated carbocycles. The number of hydrogen-bond acceptors (Lipinski definition) is 9. The molecule has 0 fully saturated rings. The number of benzene rings is 5. The average molecular weight is 979 g/mol. The molecule has 5 aromatic carbocycles. The number of carbonyl (C=O) groups is 7.